The molecule has 0 aliphatic rings. The van der Waals surface area contributed by atoms with Gasteiger partial charge in [-0.25, -0.2) is 5.43 Å². The van der Waals surface area contributed by atoms with Crippen molar-refractivity contribution < 1.29 is 9.72 Å². The molecule has 0 unspecified atom stereocenters. The van der Waals surface area contributed by atoms with E-state index in [4.69, 9.17) is 0 Å². The van der Waals surface area contributed by atoms with Gasteiger partial charge in [-0.2, -0.15) is 5.10 Å². The first kappa shape index (κ1) is 14.6. The zero-order chi connectivity index (χ0) is 15.1. The number of carbonyl (C=O) groups excluding carboxylic acids is 1. The summed E-state index contributed by atoms with van der Waals surface area (Å²) >= 11 is 1.34. The van der Waals surface area contributed by atoms with Crippen LogP contribution in [-0.4, -0.2) is 17.0 Å². The second kappa shape index (κ2) is 7.11. The van der Waals surface area contributed by atoms with Gasteiger partial charge in [-0.1, -0.05) is 12.1 Å². The first-order valence-corrected chi connectivity index (χ1v) is 6.83. The van der Waals surface area contributed by atoms with E-state index >= 15 is 0 Å². The number of nitro benzene ring substituents is 1. The lowest BCUT2D eigenvalue weighted by atomic mass is 10.2. The van der Waals surface area contributed by atoms with Gasteiger partial charge >= 0.3 is 0 Å². The third kappa shape index (κ3) is 4.36. The number of hydrogen-bond donors (Lipinski definition) is 1. The maximum Gasteiger partial charge on any atom is 0.281 e. The first-order valence-electron chi connectivity index (χ1n) is 5.95. The molecule has 0 aliphatic heterocycles. The summed E-state index contributed by atoms with van der Waals surface area (Å²) in [4.78, 5) is 22.2. The Morgan fingerprint density at radius 1 is 1.29 bits per heavy atom. The Labute approximate surface area is 124 Å². The molecule has 1 aromatic carbocycles. The lowest BCUT2D eigenvalue weighted by Gasteiger charge is -1.94. The summed E-state index contributed by atoms with van der Waals surface area (Å²) < 4.78 is 0. The normalized spacial score (nSPS) is 11.0. The van der Waals surface area contributed by atoms with Crippen LogP contribution in [0, 0.1) is 10.1 Å². The fourth-order valence-corrected chi connectivity index (χ4v) is 2.08. The average molecular weight is 301 g/mol. The minimum Gasteiger partial charge on any atom is -0.266 e. The Bertz CT molecular complexity index is 676. The summed E-state index contributed by atoms with van der Waals surface area (Å²) in [5.41, 5.74) is 3.24. The van der Waals surface area contributed by atoms with Crippen molar-refractivity contribution in [3.05, 3.63) is 68.4 Å². The Balaban J connectivity index is 1.86. The van der Waals surface area contributed by atoms with Crippen LogP contribution in [0.1, 0.15) is 15.2 Å². The van der Waals surface area contributed by atoms with Crippen molar-refractivity contribution in [3.63, 3.8) is 0 Å². The molecule has 1 aromatic heterocycles. The SMILES string of the molecule is O=C(NN=C/C=C/c1ccc([N+](=O)[O-])cc1)c1cccs1. The molecule has 21 heavy (non-hydrogen) atoms. The Kier molecular flexibility index (Phi) is 4.94. The number of thiophene rings is 1. The number of hydrogen-bond acceptors (Lipinski definition) is 5. The molecule has 7 heteroatoms. The second-order valence-electron chi connectivity index (χ2n) is 3.90. The van der Waals surface area contributed by atoms with E-state index < -0.39 is 4.92 Å². The molecule has 0 saturated heterocycles. The topological polar surface area (TPSA) is 84.6 Å². The number of allylic oxidation sites excluding steroid dienone is 1. The van der Waals surface area contributed by atoms with E-state index in [9.17, 15) is 14.9 Å². The molecule has 2 aromatic rings. The molecule has 0 saturated carbocycles. The van der Waals surface area contributed by atoms with Crippen molar-refractivity contribution >= 4 is 35.2 Å². The van der Waals surface area contributed by atoms with E-state index in [1.54, 1.807) is 36.4 Å². The molecule has 6 nitrogen and oxygen atoms in total. The predicted octanol–water partition coefficient (Wildman–Crippen LogP) is 3.09. The second-order valence-corrected chi connectivity index (χ2v) is 4.85. The van der Waals surface area contributed by atoms with Gasteiger partial charge in [-0.3, -0.25) is 14.9 Å². The molecule has 106 valence electrons. The van der Waals surface area contributed by atoms with Crippen LogP contribution < -0.4 is 5.43 Å². The molecule has 1 N–H and O–H groups in total. The molecular formula is C14H11N3O3S. The van der Waals surface area contributed by atoms with Gasteiger partial charge in [-0.05, 0) is 35.2 Å². The van der Waals surface area contributed by atoms with Gasteiger partial charge in [0.25, 0.3) is 11.6 Å². The third-order valence-electron chi connectivity index (χ3n) is 2.46. The summed E-state index contributed by atoms with van der Waals surface area (Å²) in [6.45, 7) is 0. The van der Waals surface area contributed by atoms with Crippen molar-refractivity contribution in [3.8, 4) is 0 Å². The highest BCUT2D eigenvalue weighted by molar-refractivity contribution is 7.12. The van der Waals surface area contributed by atoms with Crippen molar-refractivity contribution in [2.45, 2.75) is 0 Å². The lowest BCUT2D eigenvalue weighted by molar-refractivity contribution is -0.384. The van der Waals surface area contributed by atoms with Gasteiger partial charge in [0.2, 0.25) is 0 Å². The maximum absolute atomic E-state index is 11.5. The van der Waals surface area contributed by atoms with Crippen LogP contribution in [-0.2, 0) is 0 Å². The molecule has 0 aliphatic carbocycles. The lowest BCUT2D eigenvalue weighted by Crippen LogP contribution is -2.15. The predicted molar refractivity (Wildman–Crippen MR) is 82.4 cm³/mol. The Morgan fingerprint density at radius 2 is 2.05 bits per heavy atom. The number of non-ortho nitro benzene ring substituents is 1. The van der Waals surface area contributed by atoms with Gasteiger partial charge in [0, 0.05) is 18.3 Å². The first-order chi connectivity index (χ1) is 10.2. The fraction of sp³-hybridized carbons (Fsp3) is 0. The number of carbonyl (C=O) groups is 1. The van der Waals surface area contributed by atoms with Gasteiger partial charge in [-0.15, -0.1) is 11.3 Å². The molecule has 0 fully saturated rings. The summed E-state index contributed by atoms with van der Waals surface area (Å²) in [6.07, 6.45) is 4.80. The molecule has 0 atom stereocenters. The van der Waals surface area contributed by atoms with E-state index in [1.165, 1.54) is 29.7 Å². The molecule has 0 radical (unpaired) electrons. The van der Waals surface area contributed by atoms with E-state index in [-0.39, 0.29) is 11.6 Å². The number of hydrazone groups is 1. The van der Waals surface area contributed by atoms with Gasteiger partial charge < -0.3 is 0 Å². The smallest absolute Gasteiger partial charge is 0.266 e. The van der Waals surface area contributed by atoms with Gasteiger partial charge in [0.15, 0.2) is 0 Å². The summed E-state index contributed by atoms with van der Waals surface area (Å²) in [6, 6.07) is 9.62. The number of nitrogens with one attached hydrogen (secondary N) is 1. The third-order valence-corrected chi connectivity index (χ3v) is 3.33. The van der Waals surface area contributed by atoms with Crippen LogP contribution in [0.25, 0.3) is 6.08 Å². The Hall–Kier alpha value is -2.80. The number of nitrogens with zero attached hydrogens (tertiary/aromatic N) is 2. The van der Waals surface area contributed by atoms with Crippen molar-refractivity contribution in [1.82, 2.24) is 5.43 Å². The maximum atomic E-state index is 11.5. The molecule has 2 rings (SSSR count). The highest BCUT2D eigenvalue weighted by Gasteiger charge is 2.03. The van der Waals surface area contributed by atoms with Gasteiger partial charge in [0.05, 0.1) is 9.80 Å². The fourth-order valence-electron chi connectivity index (χ4n) is 1.46. The van der Waals surface area contributed by atoms with Gasteiger partial charge in [0.1, 0.15) is 0 Å². The van der Waals surface area contributed by atoms with Crippen LogP contribution in [0.3, 0.4) is 0 Å². The number of nitro groups is 1. The minimum atomic E-state index is -0.449. The zero-order valence-corrected chi connectivity index (χ0v) is 11.6. The highest BCUT2D eigenvalue weighted by Crippen LogP contribution is 2.12. The minimum absolute atomic E-state index is 0.0454. The molecule has 0 spiro atoms. The number of amides is 1. The summed E-state index contributed by atoms with van der Waals surface area (Å²) in [7, 11) is 0. The molecule has 0 bridgehead atoms. The summed E-state index contributed by atoms with van der Waals surface area (Å²) in [5.74, 6) is -0.259. The highest BCUT2D eigenvalue weighted by atomic mass is 32.1. The quantitative estimate of drug-likeness (QED) is 0.523. The van der Waals surface area contributed by atoms with E-state index in [1.807, 2.05) is 5.38 Å². The van der Waals surface area contributed by atoms with Crippen LogP contribution >= 0.6 is 11.3 Å². The van der Waals surface area contributed by atoms with Crippen molar-refractivity contribution in [2.24, 2.45) is 5.10 Å². The van der Waals surface area contributed by atoms with E-state index in [2.05, 4.69) is 10.5 Å². The number of rotatable bonds is 5. The molecule has 1 amide bonds. The standard InChI is InChI=1S/C14H11N3O3S/c18-14(13-4-2-10-21-13)16-15-9-1-3-11-5-7-12(8-6-11)17(19)20/h1-10H,(H,16,18)/b3-1+,15-9?. The number of benzene rings is 1. The average Bonchev–Trinajstić information content (AvgIpc) is 3.01. The molecular weight excluding hydrogens is 290 g/mol. The monoisotopic (exact) mass is 301 g/mol. The Morgan fingerprint density at radius 3 is 2.67 bits per heavy atom. The van der Waals surface area contributed by atoms with Crippen molar-refractivity contribution in [1.29, 1.82) is 0 Å². The zero-order valence-electron chi connectivity index (χ0n) is 10.8. The van der Waals surface area contributed by atoms with Crippen LogP contribution in [0.4, 0.5) is 5.69 Å². The van der Waals surface area contributed by atoms with Crippen LogP contribution in [0.5, 0.6) is 0 Å². The molecule has 1 heterocycles. The largest absolute Gasteiger partial charge is 0.281 e. The van der Waals surface area contributed by atoms with E-state index in [0.717, 1.165) is 5.56 Å². The van der Waals surface area contributed by atoms with E-state index in [0.29, 0.717) is 4.88 Å². The van der Waals surface area contributed by atoms with Crippen molar-refractivity contribution in [2.75, 3.05) is 0 Å². The van der Waals surface area contributed by atoms with Crippen LogP contribution in [0.2, 0.25) is 0 Å². The van der Waals surface area contributed by atoms with Crippen LogP contribution in [0.15, 0.2) is 53.0 Å². The summed E-state index contributed by atoms with van der Waals surface area (Å²) in [5, 5.41) is 16.1.